The number of amides is 1. The van der Waals surface area contributed by atoms with Crippen molar-refractivity contribution in [1.29, 1.82) is 0 Å². The summed E-state index contributed by atoms with van der Waals surface area (Å²) in [6.45, 7) is 0. The van der Waals surface area contributed by atoms with Crippen molar-refractivity contribution in [3.05, 3.63) is 17.3 Å². The third-order valence-electron chi connectivity index (χ3n) is 1.72. The van der Waals surface area contributed by atoms with Gasteiger partial charge in [0.25, 0.3) is 12.3 Å². The Bertz CT molecular complexity index is 396. The van der Waals surface area contributed by atoms with E-state index in [0.29, 0.717) is 0 Å². The van der Waals surface area contributed by atoms with Crippen LogP contribution < -0.4 is 16.2 Å². The van der Waals surface area contributed by atoms with Crippen LogP contribution in [-0.2, 0) is 0 Å². The predicted octanol–water partition coefficient (Wildman–Crippen LogP) is 0.709. The van der Waals surface area contributed by atoms with E-state index in [2.05, 4.69) is 9.72 Å². The average molecular weight is 217 g/mol. The van der Waals surface area contributed by atoms with E-state index in [4.69, 9.17) is 11.5 Å². The molecule has 1 aromatic rings. The molecule has 0 saturated carbocycles. The highest BCUT2D eigenvalue weighted by atomic mass is 19.3. The normalized spacial score (nSPS) is 10.4. The number of hydrogen-bond acceptors (Lipinski definition) is 4. The summed E-state index contributed by atoms with van der Waals surface area (Å²) >= 11 is 0. The third kappa shape index (κ3) is 2.12. The molecule has 0 fully saturated rings. The van der Waals surface area contributed by atoms with Gasteiger partial charge in [0, 0.05) is 0 Å². The number of rotatable bonds is 3. The lowest BCUT2D eigenvalue weighted by molar-refractivity contribution is 0.0995. The molecule has 7 heteroatoms. The molecular weight excluding hydrogens is 208 g/mol. The lowest BCUT2D eigenvalue weighted by Crippen LogP contribution is -2.15. The van der Waals surface area contributed by atoms with E-state index in [1.54, 1.807) is 0 Å². The molecule has 5 nitrogen and oxygen atoms in total. The van der Waals surface area contributed by atoms with E-state index >= 15 is 0 Å². The minimum atomic E-state index is -2.82. The molecule has 0 aromatic carbocycles. The van der Waals surface area contributed by atoms with Gasteiger partial charge in [-0.25, -0.2) is 13.8 Å². The molecule has 1 heterocycles. The van der Waals surface area contributed by atoms with Crippen molar-refractivity contribution >= 4 is 11.7 Å². The van der Waals surface area contributed by atoms with Gasteiger partial charge in [-0.2, -0.15) is 0 Å². The van der Waals surface area contributed by atoms with Gasteiger partial charge in [-0.3, -0.25) is 4.79 Å². The van der Waals surface area contributed by atoms with Crippen LogP contribution in [0, 0.1) is 0 Å². The van der Waals surface area contributed by atoms with Crippen molar-refractivity contribution in [2.24, 2.45) is 5.73 Å². The Labute approximate surface area is 84.0 Å². The fraction of sp³-hybridized carbons (Fsp3) is 0.250. The number of primary amides is 1. The molecule has 0 aliphatic carbocycles. The zero-order valence-electron chi connectivity index (χ0n) is 7.83. The van der Waals surface area contributed by atoms with Crippen LogP contribution in [0.1, 0.15) is 22.5 Å². The number of nitrogens with zero attached hydrogens (tertiary/aromatic N) is 1. The Balaban J connectivity index is 3.38. The van der Waals surface area contributed by atoms with E-state index in [9.17, 15) is 13.6 Å². The lowest BCUT2D eigenvalue weighted by atomic mass is 10.2. The average Bonchev–Trinajstić information content (AvgIpc) is 2.16. The Morgan fingerprint density at radius 2 is 2.20 bits per heavy atom. The summed E-state index contributed by atoms with van der Waals surface area (Å²) in [6, 6.07) is 0.863. The van der Waals surface area contributed by atoms with Crippen molar-refractivity contribution in [1.82, 2.24) is 4.98 Å². The number of nitrogens with two attached hydrogens (primary N) is 2. The van der Waals surface area contributed by atoms with Crippen LogP contribution in [-0.4, -0.2) is 18.0 Å². The third-order valence-corrected chi connectivity index (χ3v) is 1.72. The second-order valence-corrected chi connectivity index (χ2v) is 2.68. The fourth-order valence-corrected chi connectivity index (χ4v) is 1.08. The molecule has 0 radical (unpaired) electrons. The molecule has 1 aromatic heterocycles. The number of carbonyl (C=O) groups is 1. The van der Waals surface area contributed by atoms with Crippen LogP contribution in [0.2, 0.25) is 0 Å². The smallest absolute Gasteiger partial charge is 0.267 e. The number of carbonyl (C=O) groups excluding carboxylic acids is 1. The van der Waals surface area contributed by atoms with Crippen molar-refractivity contribution in [3.8, 4) is 5.75 Å². The molecule has 0 atom stereocenters. The first-order valence-electron chi connectivity index (χ1n) is 3.89. The zero-order valence-corrected chi connectivity index (χ0v) is 7.83. The molecule has 0 aliphatic rings. The van der Waals surface area contributed by atoms with Gasteiger partial charge in [-0.15, -0.1) is 0 Å². The SMILES string of the molecule is COc1c(C(F)F)cc(C(N)=O)nc1N. The van der Waals surface area contributed by atoms with Gasteiger partial charge in [0.05, 0.1) is 12.7 Å². The van der Waals surface area contributed by atoms with Gasteiger partial charge in [0.15, 0.2) is 11.6 Å². The van der Waals surface area contributed by atoms with Gasteiger partial charge in [-0.1, -0.05) is 0 Å². The fourth-order valence-electron chi connectivity index (χ4n) is 1.08. The van der Waals surface area contributed by atoms with Crippen molar-refractivity contribution in [3.63, 3.8) is 0 Å². The molecule has 15 heavy (non-hydrogen) atoms. The lowest BCUT2D eigenvalue weighted by Gasteiger charge is -2.10. The van der Waals surface area contributed by atoms with Gasteiger partial charge in [0.2, 0.25) is 0 Å². The second kappa shape index (κ2) is 4.07. The summed E-state index contributed by atoms with van der Waals surface area (Å²) in [5, 5.41) is 0. The molecular formula is C8H9F2N3O2. The quantitative estimate of drug-likeness (QED) is 0.779. The molecule has 82 valence electrons. The summed E-state index contributed by atoms with van der Waals surface area (Å²) in [5.74, 6) is -1.45. The maximum atomic E-state index is 12.5. The van der Waals surface area contributed by atoms with E-state index in [1.165, 1.54) is 7.11 Å². The van der Waals surface area contributed by atoms with Crippen LogP contribution >= 0.6 is 0 Å². The number of anilines is 1. The van der Waals surface area contributed by atoms with Gasteiger partial charge in [0.1, 0.15) is 5.69 Å². The topological polar surface area (TPSA) is 91.2 Å². The molecule has 0 spiro atoms. The largest absolute Gasteiger partial charge is 0.492 e. The summed E-state index contributed by atoms with van der Waals surface area (Å²) in [4.78, 5) is 14.3. The molecule has 0 bridgehead atoms. The summed E-state index contributed by atoms with van der Waals surface area (Å²) < 4.78 is 29.7. The molecule has 0 unspecified atom stereocenters. The Morgan fingerprint density at radius 1 is 1.60 bits per heavy atom. The first-order valence-corrected chi connectivity index (χ1v) is 3.89. The summed E-state index contributed by atoms with van der Waals surface area (Å²) in [6.07, 6.45) is -2.82. The number of pyridine rings is 1. The summed E-state index contributed by atoms with van der Waals surface area (Å²) in [7, 11) is 1.18. The zero-order chi connectivity index (χ0) is 11.6. The minimum Gasteiger partial charge on any atom is -0.492 e. The first-order chi connectivity index (χ1) is 6.97. The summed E-state index contributed by atoms with van der Waals surface area (Å²) in [5.41, 5.74) is 9.41. The number of nitrogen functional groups attached to an aromatic ring is 1. The van der Waals surface area contributed by atoms with Crippen LogP contribution in [0.25, 0.3) is 0 Å². The van der Waals surface area contributed by atoms with Crippen molar-refractivity contribution in [2.75, 3.05) is 12.8 Å². The van der Waals surface area contributed by atoms with Crippen LogP contribution in [0.4, 0.5) is 14.6 Å². The Morgan fingerprint density at radius 3 is 2.60 bits per heavy atom. The maximum Gasteiger partial charge on any atom is 0.267 e. The van der Waals surface area contributed by atoms with Crippen LogP contribution in [0.15, 0.2) is 6.07 Å². The first kappa shape index (κ1) is 11.2. The Hall–Kier alpha value is -1.92. The number of halogens is 2. The highest BCUT2D eigenvalue weighted by Gasteiger charge is 2.20. The molecule has 1 amide bonds. The predicted molar refractivity (Wildman–Crippen MR) is 48.7 cm³/mol. The standard InChI is InChI=1S/C8H9F2N3O2/c1-15-5-3(6(9)10)2-4(8(12)14)13-7(5)11/h2,6H,1H3,(H2,11,13)(H2,12,14). The highest BCUT2D eigenvalue weighted by Crippen LogP contribution is 2.33. The molecule has 0 saturated heterocycles. The van der Waals surface area contributed by atoms with Crippen LogP contribution in [0.5, 0.6) is 5.75 Å². The molecule has 0 aliphatic heterocycles. The monoisotopic (exact) mass is 217 g/mol. The Kier molecular flexibility index (Phi) is 3.03. The van der Waals surface area contributed by atoms with Crippen molar-refractivity contribution in [2.45, 2.75) is 6.43 Å². The van der Waals surface area contributed by atoms with Crippen molar-refractivity contribution < 1.29 is 18.3 Å². The van der Waals surface area contributed by atoms with Gasteiger partial charge >= 0.3 is 0 Å². The number of hydrogen-bond donors (Lipinski definition) is 2. The molecule has 4 N–H and O–H groups in total. The maximum absolute atomic E-state index is 12.5. The van der Waals surface area contributed by atoms with Gasteiger partial charge in [-0.05, 0) is 6.07 Å². The minimum absolute atomic E-state index is 0.241. The van der Waals surface area contributed by atoms with Gasteiger partial charge < -0.3 is 16.2 Å². The number of ether oxygens (including phenoxy) is 1. The van der Waals surface area contributed by atoms with E-state index in [0.717, 1.165) is 6.07 Å². The van der Waals surface area contributed by atoms with E-state index in [-0.39, 0.29) is 17.3 Å². The highest BCUT2D eigenvalue weighted by molar-refractivity contribution is 5.91. The van der Waals surface area contributed by atoms with E-state index in [1.807, 2.05) is 0 Å². The van der Waals surface area contributed by atoms with Crippen LogP contribution in [0.3, 0.4) is 0 Å². The second-order valence-electron chi connectivity index (χ2n) is 2.68. The number of methoxy groups -OCH3 is 1. The van der Waals surface area contributed by atoms with E-state index < -0.39 is 17.9 Å². The number of aromatic nitrogens is 1. The number of alkyl halides is 2. The molecule has 1 rings (SSSR count).